The van der Waals surface area contributed by atoms with Gasteiger partial charge < -0.3 is 30.0 Å². The highest BCUT2D eigenvalue weighted by molar-refractivity contribution is 8.23. The van der Waals surface area contributed by atoms with Crippen molar-refractivity contribution in [3.8, 4) is 0 Å². The van der Waals surface area contributed by atoms with Crippen LogP contribution in [-0.4, -0.2) is 78.7 Å². The fourth-order valence-electron chi connectivity index (χ4n) is 5.28. The van der Waals surface area contributed by atoms with Crippen molar-refractivity contribution in [1.82, 2.24) is 15.5 Å². The Morgan fingerprint density at radius 1 is 0.750 bits per heavy atom. The molecule has 2 aliphatic rings. The summed E-state index contributed by atoms with van der Waals surface area (Å²) in [5.74, 6) is -2.26. The van der Waals surface area contributed by atoms with Crippen molar-refractivity contribution >= 4 is 64.6 Å². The minimum absolute atomic E-state index is 0.125. The fraction of sp³-hybridized carbons (Fsp3) is 0.294. The number of alkyl carbamates (subject to hydrolysis) is 2. The van der Waals surface area contributed by atoms with Crippen LogP contribution >= 0.6 is 23.5 Å². The van der Waals surface area contributed by atoms with E-state index in [0.717, 1.165) is 23.5 Å². The first kappa shape index (κ1) is 40.9. The van der Waals surface area contributed by atoms with Gasteiger partial charge in [-0.15, -0.1) is 11.8 Å². The maximum Gasteiger partial charge on any atom is 0.407 e. The quantitative estimate of drug-likeness (QED) is 0.0557. The van der Waals surface area contributed by atoms with Crippen LogP contribution in [0.1, 0.15) is 23.6 Å². The number of nitrogens with one attached hydrogen (secondary N) is 2. The predicted octanol–water partition coefficient (Wildman–Crippen LogP) is 4.49. The number of fused-ring (bicyclic) bond motifs is 1. The van der Waals surface area contributed by atoms with Gasteiger partial charge in [0.05, 0.1) is 31.0 Å². The number of nitro benzene ring substituents is 3. The van der Waals surface area contributed by atoms with Crippen molar-refractivity contribution in [3.63, 3.8) is 0 Å². The number of hydrogen-bond acceptors (Lipinski definition) is 16. The normalized spacial score (nSPS) is 16.3. The third kappa shape index (κ3) is 10.3. The molecule has 5 rings (SSSR count). The van der Waals surface area contributed by atoms with Gasteiger partial charge in [-0.3, -0.25) is 40.0 Å². The lowest BCUT2D eigenvalue weighted by molar-refractivity contribution is -0.385. The second-order valence-corrected chi connectivity index (χ2v) is 14.8. The Bertz CT molecular complexity index is 1950. The molecule has 294 valence electrons. The molecular formula is C34H32N6O14S2. The highest BCUT2D eigenvalue weighted by Gasteiger charge is 2.58. The Labute approximate surface area is 325 Å². The molecular weight excluding hydrogens is 781 g/mol. The Morgan fingerprint density at radius 2 is 1.14 bits per heavy atom. The maximum atomic E-state index is 13.6. The van der Waals surface area contributed by atoms with Crippen LogP contribution in [-0.2, 0) is 43.6 Å². The van der Waals surface area contributed by atoms with Gasteiger partial charge in [0.2, 0.25) is 5.91 Å². The Balaban J connectivity index is 1.29. The van der Waals surface area contributed by atoms with Gasteiger partial charge in [0.1, 0.15) is 25.2 Å². The number of rotatable bonds is 17. The van der Waals surface area contributed by atoms with Crippen molar-refractivity contribution in [2.45, 2.75) is 43.5 Å². The van der Waals surface area contributed by atoms with Gasteiger partial charge in [0.25, 0.3) is 17.1 Å². The average molecular weight is 813 g/mol. The molecule has 0 unspecified atom stereocenters. The second kappa shape index (κ2) is 18.4. The highest BCUT2D eigenvalue weighted by Crippen LogP contribution is 2.54. The molecule has 0 spiro atoms. The van der Waals surface area contributed by atoms with Crippen LogP contribution < -0.4 is 10.6 Å². The number of hydrogen-bond donors (Lipinski definition) is 3. The van der Waals surface area contributed by atoms with Gasteiger partial charge in [0.15, 0.2) is 5.70 Å². The molecule has 0 bridgehead atoms. The number of aliphatic hydroxyl groups is 1. The standard InChI is InChI=1S/C34H32N6O14S2/c1-19(41)27-29(42)37-28(31(43)52-16-20-2-8-23(9-3-20)38(46)47)32(56-30(27)37)55-26(14-35-33(44)53-17-21-4-10-24(11-5-21)39(48)49)15-36-34(45)54-18-22-6-12-25(13-7-22)40(50)51/h2-13,19,26-27,30,41H,14-18H2,1H3,(H,35,44)(H,36,45)/t19-,27+,30-/m1/s1. The van der Waals surface area contributed by atoms with Crippen molar-refractivity contribution in [1.29, 1.82) is 0 Å². The minimum atomic E-state index is -1.05. The summed E-state index contributed by atoms with van der Waals surface area (Å²) in [6, 6.07) is 16.0. The van der Waals surface area contributed by atoms with Crippen molar-refractivity contribution in [2.75, 3.05) is 13.1 Å². The average Bonchev–Trinajstić information content (AvgIpc) is 3.49. The van der Waals surface area contributed by atoms with Crippen LogP contribution in [0.5, 0.6) is 0 Å². The SMILES string of the molecule is C[C@@H](O)[C@H]1C(=O)N2C(C(=O)OCc3ccc([N+](=O)[O-])cc3)=C(SC(CNC(=O)OCc3ccc([N+](=O)[O-])cc3)CNC(=O)OCc3ccc([N+](=O)[O-])cc3)S[C@H]12. The summed E-state index contributed by atoms with van der Waals surface area (Å²) < 4.78 is 16.3. The van der Waals surface area contributed by atoms with E-state index in [4.69, 9.17) is 14.2 Å². The number of nitrogens with zero attached hydrogens (tertiary/aromatic N) is 4. The molecule has 2 aliphatic heterocycles. The topological polar surface area (TPSA) is 273 Å². The number of ether oxygens (including phenoxy) is 3. The number of nitro groups is 3. The second-order valence-electron chi connectivity index (χ2n) is 12.1. The van der Waals surface area contributed by atoms with Crippen molar-refractivity contribution in [2.24, 2.45) is 5.92 Å². The molecule has 2 heterocycles. The zero-order chi connectivity index (χ0) is 40.5. The number of carbonyl (C=O) groups is 4. The molecule has 56 heavy (non-hydrogen) atoms. The summed E-state index contributed by atoms with van der Waals surface area (Å²) in [5.41, 5.74) is 0.809. The van der Waals surface area contributed by atoms with Gasteiger partial charge in [-0.25, -0.2) is 14.4 Å². The van der Waals surface area contributed by atoms with Gasteiger partial charge in [0, 0.05) is 54.7 Å². The summed E-state index contributed by atoms with van der Waals surface area (Å²) in [5, 5.41) is 46.9. The summed E-state index contributed by atoms with van der Waals surface area (Å²) >= 11 is 2.13. The van der Waals surface area contributed by atoms with E-state index in [-0.39, 0.29) is 59.9 Å². The fourth-order valence-corrected chi connectivity index (χ4v) is 8.46. The first-order chi connectivity index (χ1) is 26.7. The summed E-state index contributed by atoms with van der Waals surface area (Å²) in [6.07, 6.45) is -2.80. The van der Waals surface area contributed by atoms with Gasteiger partial charge in [-0.05, 0) is 60.0 Å². The number of aliphatic hydroxyl groups excluding tert-OH is 1. The third-order valence-electron chi connectivity index (χ3n) is 8.23. The van der Waals surface area contributed by atoms with Crippen LogP contribution in [0.25, 0.3) is 0 Å². The van der Waals surface area contributed by atoms with E-state index in [0.29, 0.717) is 16.7 Å². The molecule has 0 saturated carbocycles. The smallest absolute Gasteiger partial charge is 0.407 e. The van der Waals surface area contributed by atoms with E-state index >= 15 is 0 Å². The van der Waals surface area contributed by atoms with Gasteiger partial charge in [-0.1, -0.05) is 11.8 Å². The Hall–Kier alpha value is -6.26. The van der Waals surface area contributed by atoms with Crippen LogP contribution in [0.3, 0.4) is 0 Å². The monoisotopic (exact) mass is 812 g/mol. The molecule has 3 atom stereocenters. The molecule has 1 saturated heterocycles. The van der Waals surface area contributed by atoms with Gasteiger partial charge >= 0.3 is 18.2 Å². The molecule has 3 aromatic carbocycles. The molecule has 0 aliphatic carbocycles. The van der Waals surface area contributed by atoms with Crippen LogP contribution in [0.15, 0.2) is 82.7 Å². The van der Waals surface area contributed by atoms with E-state index < -0.39 is 61.5 Å². The molecule has 3 N–H and O–H groups in total. The zero-order valence-corrected chi connectivity index (χ0v) is 30.8. The highest BCUT2D eigenvalue weighted by atomic mass is 32.2. The number of β-lactam (4-membered cyclic amide) rings is 1. The molecule has 0 aromatic heterocycles. The lowest BCUT2D eigenvalue weighted by Gasteiger charge is -2.43. The molecule has 0 radical (unpaired) electrons. The molecule has 22 heteroatoms. The van der Waals surface area contributed by atoms with Crippen LogP contribution in [0, 0.1) is 36.3 Å². The molecule has 1 fully saturated rings. The molecule has 3 aromatic rings. The first-order valence-corrected chi connectivity index (χ1v) is 18.2. The third-order valence-corrected chi connectivity index (χ3v) is 11.0. The predicted molar refractivity (Wildman–Crippen MR) is 197 cm³/mol. The zero-order valence-electron chi connectivity index (χ0n) is 29.1. The number of benzene rings is 3. The summed E-state index contributed by atoms with van der Waals surface area (Å²) in [4.78, 5) is 84.5. The van der Waals surface area contributed by atoms with Crippen molar-refractivity contribution < 1.29 is 53.3 Å². The minimum Gasteiger partial charge on any atom is -0.456 e. The molecule has 20 nitrogen and oxygen atoms in total. The number of amides is 3. The number of non-ortho nitro benzene ring substituents is 3. The number of esters is 1. The van der Waals surface area contributed by atoms with Crippen molar-refractivity contribution in [3.05, 3.63) is 130 Å². The van der Waals surface area contributed by atoms with Gasteiger partial charge in [-0.2, -0.15) is 0 Å². The lowest BCUT2D eigenvalue weighted by atomic mass is 9.92. The first-order valence-electron chi connectivity index (χ1n) is 16.5. The van der Waals surface area contributed by atoms with E-state index in [1.54, 1.807) is 0 Å². The number of thioether (sulfide) groups is 2. The Morgan fingerprint density at radius 3 is 1.52 bits per heavy atom. The van der Waals surface area contributed by atoms with E-state index in [9.17, 15) is 54.6 Å². The summed E-state index contributed by atoms with van der Waals surface area (Å²) in [6.45, 7) is 0.378. The van der Waals surface area contributed by atoms with Crippen LogP contribution in [0.4, 0.5) is 26.7 Å². The van der Waals surface area contributed by atoms with E-state index in [1.807, 2.05) is 0 Å². The van der Waals surface area contributed by atoms with E-state index in [2.05, 4.69) is 10.6 Å². The van der Waals surface area contributed by atoms with E-state index in [1.165, 1.54) is 84.6 Å². The maximum absolute atomic E-state index is 13.6. The largest absolute Gasteiger partial charge is 0.456 e. The number of carbonyl (C=O) groups excluding carboxylic acids is 4. The lowest BCUT2D eigenvalue weighted by Crippen LogP contribution is -2.60. The van der Waals surface area contributed by atoms with Crippen LogP contribution in [0.2, 0.25) is 0 Å². The Kier molecular flexibility index (Phi) is 13.4. The summed E-state index contributed by atoms with van der Waals surface area (Å²) in [7, 11) is 0. The molecule has 3 amide bonds.